The van der Waals surface area contributed by atoms with Gasteiger partial charge in [-0.1, -0.05) is 127 Å². The first kappa shape index (κ1) is 26.0. The smallest absolute Gasteiger partial charge is 0.145 e. The SMILES string of the molecule is C1=Cc2ccc(-c3c4ccccc4c(C4=CC=C(n5c(-c6ccccc6)nc6ccccc65)CC4)c4ccccc34)cc2CC1. The van der Waals surface area contributed by atoms with Crippen LogP contribution < -0.4 is 0 Å². The van der Waals surface area contributed by atoms with E-state index in [2.05, 4.69) is 150 Å². The Labute approximate surface area is 263 Å². The third-order valence-electron chi connectivity index (χ3n) is 9.57. The van der Waals surface area contributed by atoms with Crippen molar-refractivity contribution >= 4 is 49.9 Å². The average Bonchev–Trinajstić information content (AvgIpc) is 3.51. The molecule has 1 aromatic heterocycles. The van der Waals surface area contributed by atoms with Crippen molar-refractivity contribution in [3.8, 4) is 22.5 Å². The summed E-state index contributed by atoms with van der Waals surface area (Å²) in [5.74, 6) is 1.00. The maximum Gasteiger partial charge on any atom is 0.145 e. The molecular formula is C43H32N2. The highest BCUT2D eigenvalue weighted by Gasteiger charge is 2.22. The maximum absolute atomic E-state index is 5.08. The summed E-state index contributed by atoms with van der Waals surface area (Å²) in [5.41, 5.74) is 12.8. The Balaban J connectivity index is 1.23. The molecule has 0 unspecified atom stereocenters. The third-order valence-corrected chi connectivity index (χ3v) is 9.57. The highest BCUT2D eigenvalue weighted by Crippen LogP contribution is 2.45. The molecule has 0 saturated carbocycles. The van der Waals surface area contributed by atoms with Gasteiger partial charge in [0.2, 0.25) is 0 Å². The van der Waals surface area contributed by atoms with Gasteiger partial charge in [-0.05, 0) is 98.8 Å². The molecule has 214 valence electrons. The molecule has 2 aliphatic carbocycles. The van der Waals surface area contributed by atoms with Crippen LogP contribution in [-0.2, 0) is 6.42 Å². The normalized spacial score (nSPS) is 14.5. The zero-order valence-corrected chi connectivity index (χ0v) is 25.1. The Morgan fingerprint density at radius 2 is 1.24 bits per heavy atom. The first-order valence-electron chi connectivity index (χ1n) is 16.0. The van der Waals surface area contributed by atoms with Gasteiger partial charge in [0, 0.05) is 11.3 Å². The van der Waals surface area contributed by atoms with E-state index in [-0.39, 0.29) is 0 Å². The van der Waals surface area contributed by atoms with Gasteiger partial charge in [0.1, 0.15) is 5.82 Å². The second-order valence-corrected chi connectivity index (χ2v) is 12.2. The van der Waals surface area contributed by atoms with E-state index in [9.17, 15) is 0 Å². The molecule has 0 N–H and O–H groups in total. The minimum Gasteiger partial charge on any atom is -0.296 e. The fourth-order valence-corrected chi connectivity index (χ4v) is 7.49. The second kappa shape index (κ2) is 10.6. The molecular weight excluding hydrogens is 544 g/mol. The highest BCUT2D eigenvalue weighted by molar-refractivity contribution is 6.19. The van der Waals surface area contributed by atoms with E-state index in [1.807, 2.05) is 0 Å². The molecule has 6 aromatic carbocycles. The summed E-state index contributed by atoms with van der Waals surface area (Å²) in [6.45, 7) is 0. The largest absolute Gasteiger partial charge is 0.296 e. The minimum atomic E-state index is 0.939. The highest BCUT2D eigenvalue weighted by atomic mass is 15.1. The van der Waals surface area contributed by atoms with E-state index in [1.54, 1.807) is 0 Å². The summed E-state index contributed by atoms with van der Waals surface area (Å²) >= 11 is 0. The quantitative estimate of drug-likeness (QED) is 0.191. The lowest BCUT2D eigenvalue weighted by molar-refractivity contribution is 0.972. The molecule has 1 heterocycles. The summed E-state index contributed by atoms with van der Waals surface area (Å²) < 4.78 is 2.36. The van der Waals surface area contributed by atoms with Crippen molar-refractivity contribution in [1.82, 2.24) is 9.55 Å². The van der Waals surface area contributed by atoms with Crippen molar-refractivity contribution in [2.24, 2.45) is 0 Å². The van der Waals surface area contributed by atoms with Gasteiger partial charge in [0.05, 0.1) is 11.0 Å². The van der Waals surface area contributed by atoms with Crippen LogP contribution in [0.3, 0.4) is 0 Å². The van der Waals surface area contributed by atoms with Crippen molar-refractivity contribution in [3.63, 3.8) is 0 Å². The van der Waals surface area contributed by atoms with Gasteiger partial charge in [-0.25, -0.2) is 4.98 Å². The van der Waals surface area contributed by atoms with Crippen molar-refractivity contribution in [2.75, 3.05) is 0 Å². The lowest BCUT2D eigenvalue weighted by Gasteiger charge is -2.23. The molecule has 0 radical (unpaired) electrons. The molecule has 0 amide bonds. The standard InChI is InChI=1S/C43H32N2/c1-2-13-31(14-3-1)43-44-39-20-10-11-21-40(39)45(43)34-26-24-30(25-27-34)41-35-16-6-8-18-37(35)42(38-19-9-7-17-36(38)41)33-23-22-29-12-4-5-15-32(29)28-33/h1-4,6-14,16-24,26,28H,5,15,25,27H2. The second-order valence-electron chi connectivity index (χ2n) is 12.2. The molecule has 0 aliphatic heterocycles. The first-order valence-corrected chi connectivity index (χ1v) is 16.0. The summed E-state index contributed by atoms with van der Waals surface area (Å²) in [6, 6.07) is 44.1. The zero-order chi connectivity index (χ0) is 29.7. The van der Waals surface area contributed by atoms with Crippen LogP contribution in [0.2, 0.25) is 0 Å². The lowest BCUT2D eigenvalue weighted by Crippen LogP contribution is -2.04. The fourth-order valence-electron chi connectivity index (χ4n) is 7.49. The summed E-state index contributed by atoms with van der Waals surface area (Å²) in [5, 5.41) is 5.29. The van der Waals surface area contributed by atoms with Crippen LogP contribution >= 0.6 is 0 Å². The summed E-state index contributed by atoms with van der Waals surface area (Å²) in [7, 11) is 0. The van der Waals surface area contributed by atoms with Crippen LogP contribution in [0.15, 0.2) is 140 Å². The van der Waals surface area contributed by atoms with Crippen molar-refractivity contribution in [2.45, 2.75) is 25.7 Å². The predicted octanol–water partition coefficient (Wildman–Crippen LogP) is 11.4. The molecule has 45 heavy (non-hydrogen) atoms. The molecule has 9 rings (SSSR count). The molecule has 0 atom stereocenters. The van der Waals surface area contributed by atoms with Crippen molar-refractivity contribution in [3.05, 3.63) is 156 Å². The average molecular weight is 577 g/mol. The van der Waals surface area contributed by atoms with Gasteiger partial charge in [0.15, 0.2) is 0 Å². The van der Waals surface area contributed by atoms with Crippen LogP contribution in [0.4, 0.5) is 0 Å². The molecule has 2 nitrogen and oxygen atoms in total. The molecule has 7 aromatic rings. The number of hydrogen-bond donors (Lipinski definition) is 0. The number of imidazole rings is 1. The first-order chi connectivity index (χ1) is 22.3. The minimum absolute atomic E-state index is 0.939. The number of aromatic nitrogens is 2. The van der Waals surface area contributed by atoms with Crippen LogP contribution in [0, 0.1) is 0 Å². The Morgan fingerprint density at radius 1 is 0.556 bits per heavy atom. The van der Waals surface area contributed by atoms with E-state index in [0.717, 1.165) is 48.1 Å². The number of hydrogen-bond acceptors (Lipinski definition) is 1. The maximum atomic E-state index is 5.08. The number of aryl methyl sites for hydroxylation is 1. The molecule has 2 aliphatic rings. The van der Waals surface area contributed by atoms with E-state index >= 15 is 0 Å². The van der Waals surface area contributed by atoms with Gasteiger partial charge in [-0.2, -0.15) is 0 Å². The van der Waals surface area contributed by atoms with Gasteiger partial charge in [0.25, 0.3) is 0 Å². The number of nitrogens with zero attached hydrogens (tertiary/aromatic N) is 2. The number of rotatable bonds is 4. The van der Waals surface area contributed by atoms with Crippen LogP contribution in [0.1, 0.15) is 36.0 Å². The van der Waals surface area contributed by atoms with E-state index < -0.39 is 0 Å². The molecule has 0 bridgehead atoms. The third kappa shape index (κ3) is 4.29. The summed E-state index contributed by atoms with van der Waals surface area (Å²) in [6.07, 6.45) is 13.4. The van der Waals surface area contributed by atoms with Crippen LogP contribution in [0.25, 0.3) is 72.4 Å². The zero-order valence-electron chi connectivity index (χ0n) is 25.1. The number of allylic oxidation sites excluding steroid dienone is 5. The molecule has 0 spiro atoms. The molecule has 0 fully saturated rings. The van der Waals surface area contributed by atoms with Crippen LogP contribution in [-0.4, -0.2) is 9.55 Å². The lowest BCUT2D eigenvalue weighted by atomic mass is 9.83. The Hall–Kier alpha value is -5.47. The van der Waals surface area contributed by atoms with Gasteiger partial charge < -0.3 is 0 Å². The Bertz CT molecular complexity index is 2310. The van der Waals surface area contributed by atoms with Gasteiger partial charge in [-0.3, -0.25) is 4.57 Å². The van der Waals surface area contributed by atoms with Crippen LogP contribution in [0.5, 0.6) is 0 Å². The number of para-hydroxylation sites is 2. The van der Waals surface area contributed by atoms with E-state index in [0.29, 0.717) is 0 Å². The Kier molecular flexibility index (Phi) is 6.12. The van der Waals surface area contributed by atoms with Gasteiger partial charge >= 0.3 is 0 Å². The fraction of sp³-hybridized carbons (Fsp3) is 0.0930. The number of fused-ring (bicyclic) bond motifs is 4. The van der Waals surface area contributed by atoms with Crippen molar-refractivity contribution < 1.29 is 0 Å². The topological polar surface area (TPSA) is 17.8 Å². The summed E-state index contributed by atoms with van der Waals surface area (Å²) in [4.78, 5) is 5.08. The number of benzene rings is 6. The molecule has 0 saturated heterocycles. The monoisotopic (exact) mass is 576 g/mol. The van der Waals surface area contributed by atoms with E-state index in [4.69, 9.17) is 4.98 Å². The molecule has 2 heteroatoms. The van der Waals surface area contributed by atoms with Crippen molar-refractivity contribution in [1.29, 1.82) is 0 Å². The Morgan fingerprint density at radius 3 is 1.98 bits per heavy atom. The van der Waals surface area contributed by atoms with E-state index in [1.165, 1.54) is 60.6 Å². The predicted molar refractivity (Wildman–Crippen MR) is 191 cm³/mol. The van der Waals surface area contributed by atoms with Gasteiger partial charge in [-0.15, -0.1) is 0 Å².